The highest BCUT2D eigenvalue weighted by Gasteiger charge is 2.39. The van der Waals surface area contributed by atoms with Gasteiger partial charge in [0.15, 0.2) is 11.6 Å². The molecular formula is C10H14O4. The van der Waals surface area contributed by atoms with Crippen LogP contribution >= 0.6 is 0 Å². The quantitative estimate of drug-likeness (QED) is 0.630. The van der Waals surface area contributed by atoms with Crippen LogP contribution in [-0.2, 0) is 19.0 Å². The van der Waals surface area contributed by atoms with E-state index in [0.717, 1.165) is 0 Å². The molecule has 0 radical (unpaired) electrons. The highest BCUT2D eigenvalue weighted by molar-refractivity contribution is 5.90. The molecular weight excluding hydrogens is 184 g/mol. The van der Waals surface area contributed by atoms with Crippen molar-refractivity contribution < 1.29 is 19.0 Å². The lowest BCUT2D eigenvalue weighted by Gasteiger charge is -2.24. The maximum absolute atomic E-state index is 11.1. The van der Waals surface area contributed by atoms with Crippen LogP contribution in [0.3, 0.4) is 0 Å². The van der Waals surface area contributed by atoms with Gasteiger partial charge in [0.25, 0.3) is 0 Å². The van der Waals surface area contributed by atoms with Crippen LogP contribution in [0.2, 0.25) is 0 Å². The number of allylic oxidation sites excluding steroid dienone is 1. The molecule has 78 valence electrons. The van der Waals surface area contributed by atoms with Crippen molar-refractivity contribution in [2.45, 2.75) is 38.3 Å². The van der Waals surface area contributed by atoms with Gasteiger partial charge in [-0.15, -0.1) is 0 Å². The number of carbonyl (C=O) groups is 1. The normalized spacial score (nSPS) is 35.7. The van der Waals surface area contributed by atoms with Crippen molar-refractivity contribution in [2.75, 3.05) is 6.61 Å². The van der Waals surface area contributed by atoms with E-state index >= 15 is 0 Å². The van der Waals surface area contributed by atoms with Crippen molar-refractivity contribution in [3.63, 3.8) is 0 Å². The predicted molar refractivity (Wildman–Crippen MR) is 48.5 cm³/mol. The molecule has 4 nitrogen and oxygen atoms in total. The monoisotopic (exact) mass is 198 g/mol. The van der Waals surface area contributed by atoms with Crippen molar-refractivity contribution >= 4 is 5.78 Å². The van der Waals surface area contributed by atoms with Gasteiger partial charge in [-0.3, -0.25) is 4.79 Å². The Morgan fingerprint density at radius 1 is 1.43 bits per heavy atom. The highest BCUT2D eigenvalue weighted by Crippen LogP contribution is 2.27. The minimum Gasteiger partial charge on any atom is -0.495 e. The third-order valence-corrected chi connectivity index (χ3v) is 2.35. The lowest BCUT2D eigenvalue weighted by Crippen LogP contribution is -2.35. The third-order valence-electron chi connectivity index (χ3n) is 2.35. The summed E-state index contributed by atoms with van der Waals surface area (Å²) in [6, 6.07) is 0. The number of hydrogen-bond donors (Lipinski definition) is 0. The van der Waals surface area contributed by atoms with Gasteiger partial charge in [-0.25, -0.2) is 0 Å². The Kier molecular flexibility index (Phi) is 2.33. The standard InChI is InChI=1S/C10H14O4/c1-10(2)13-6-9(14-10)8-5-7(11)3-4-12-8/h3-4,8-9H,5-6H2,1-2H3/t8-,9+/m1/s1. The van der Waals surface area contributed by atoms with Crippen LogP contribution in [0.5, 0.6) is 0 Å². The van der Waals surface area contributed by atoms with E-state index in [0.29, 0.717) is 13.0 Å². The van der Waals surface area contributed by atoms with Crippen molar-refractivity contribution in [2.24, 2.45) is 0 Å². The summed E-state index contributed by atoms with van der Waals surface area (Å²) in [5.41, 5.74) is 0. The van der Waals surface area contributed by atoms with E-state index in [4.69, 9.17) is 14.2 Å². The second kappa shape index (κ2) is 3.37. The molecule has 1 saturated heterocycles. The minimum atomic E-state index is -0.557. The zero-order valence-electron chi connectivity index (χ0n) is 8.36. The Hall–Kier alpha value is -0.870. The number of ether oxygens (including phenoxy) is 3. The Labute approximate surface area is 82.8 Å². The molecule has 0 aliphatic carbocycles. The molecule has 0 unspecified atom stereocenters. The van der Waals surface area contributed by atoms with E-state index < -0.39 is 5.79 Å². The fourth-order valence-electron chi connectivity index (χ4n) is 1.65. The Morgan fingerprint density at radius 3 is 2.79 bits per heavy atom. The molecule has 2 aliphatic heterocycles. The zero-order valence-corrected chi connectivity index (χ0v) is 8.36. The summed E-state index contributed by atoms with van der Waals surface area (Å²) in [6.45, 7) is 4.19. The van der Waals surface area contributed by atoms with Gasteiger partial charge >= 0.3 is 0 Å². The summed E-state index contributed by atoms with van der Waals surface area (Å²) in [4.78, 5) is 11.1. The number of carbonyl (C=O) groups excluding carboxylic acids is 1. The van der Waals surface area contributed by atoms with E-state index in [9.17, 15) is 4.79 Å². The number of ketones is 1. The van der Waals surface area contributed by atoms with Crippen LogP contribution in [0.4, 0.5) is 0 Å². The van der Waals surface area contributed by atoms with Crippen molar-refractivity contribution in [1.82, 2.24) is 0 Å². The van der Waals surface area contributed by atoms with Gasteiger partial charge in [-0.1, -0.05) is 0 Å². The number of rotatable bonds is 1. The van der Waals surface area contributed by atoms with E-state index in [2.05, 4.69) is 0 Å². The van der Waals surface area contributed by atoms with Gasteiger partial charge in [0.2, 0.25) is 0 Å². The molecule has 2 rings (SSSR count). The maximum atomic E-state index is 11.1. The molecule has 0 amide bonds. The fraction of sp³-hybridized carbons (Fsp3) is 0.700. The van der Waals surface area contributed by atoms with Crippen LogP contribution in [0, 0.1) is 0 Å². The smallest absolute Gasteiger partial charge is 0.163 e. The maximum Gasteiger partial charge on any atom is 0.163 e. The molecule has 0 aromatic carbocycles. The van der Waals surface area contributed by atoms with Gasteiger partial charge < -0.3 is 14.2 Å². The molecule has 0 saturated carbocycles. The largest absolute Gasteiger partial charge is 0.495 e. The zero-order chi connectivity index (χ0) is 10.2. The Balaban J connectivity index is 1.97. The summed E-state index contributed by atoms with van der Waals surface area (Å²) < 4.78 is 16.3. The van der Waals surface area contributed by atoms with E-state index in [1.807, 2.05) is 13.8 Å². The van der Waals surface area contributed by atoms with Crippen LogP contribution in [0.15, 0.2) is 12.3 Å². The average Bonchev–Trinajstić information content (AvgIpc) is 2.46. The average molecular weight is 198 g/mol. The van der Waals surface area contributed by atoms with Crippen LogP contribution in [-0.4, -0.2) is 30.4 Å². The second-order valence-corrected chi connectivity index (χ2v) is 4.01. The first-order chi connectivity index (χ1) is 6.57. The minimum absolute atomic E-state index is 0.0783. The topological polar surface area (TPSA) is 44.8 Å². The van der Waals surface area contributed by atoms with Gasteiger partial charge in [-0.05, 0) is 13.8 Å². The van der Waals surface area contributed by atoms with Crippen molar-refractivity contribution in [3.05, 3.63) is 12.3 Å². The highest BCUT2D eigenvalue weighted by atomic mass is 16.7. The molecule has 4 heteroatoms. The van der Waals surface area contributed by atoms with E-state index in [-0.39, 0.29) is 18.0 Å². The van der Waals surface area contributed by atoms with Gasteiger partial charge in [0, 0.05) is 6.08 Å². The second-order valence-electron chi connectivity index (χ2n) is 4.01. The summed E-state index contributed by atoms with van der Waals surface area (Å²) >= 11 is 0. The van der Waals surface area contributed by atoms with Crippen molar-refractivity contribution in [1.29, 1.82) is 0 Å². The van der Waals surface area contributed by atoms with Crippen molar-refractivity contribution in [3.8, 4) is 0 Å². The van der Waals surface area contributed by atoms with Crippen LogP contribution < -0.4 is 0 Å². The lowest BCUT2D eigenvalue weighted by atomic mass is 10.1. The van der Waals surface area contributed by atoms with E-state index in [1.54, 1.807) is 0 Å². The Bertz CT molecular complexity index is 269. The summed E-state index contributed by atoms with van der Waals surface area (Å²) in [5.74, 6) is -0.479. The molecule has 2 aliphatic rings. The van der Waals surface area contributed by atoms with Crippen LogP contribution in [0.25, 0.3) is 0 Å². The molecule has 0 aromatic heterocycles. The molecule has 2 atom stereocenters. The Morgan fingerprint density at radius 2 is 2.21 bits per heavy atom. The fourth-order valence-corrected chi connectivity index (χ4v) is 1.65. The molecule has 2 heterocycles. The molecule has 14 heavy (non-hydrogen) atoms. The molecule has 1 fully saturated rings. The molecule has 0 spiro atoms. The SMILES string of the molecule is CC1(C)OC[C@@H]([C@H]2CC(=O)C=CO2)O1. The first-order valence-corrected chi connectivity index (χ1v) is 4.73. The van der Waals surface area contributed by atoms with Gasteiger partial charge in [-0.2, -0.15) is 0 Å². The third kappa shape index (κ3) is 1.96. The van der Waals surface area contributed by atoms with Crippen LogP contribution in [0.1, 0.15) is 20.3 Å². The lowest BCUT2D eigenvalue weighted by molar-refractivity contribution is -0.154. The number of hydrogen-bond acceptors (Lipinski definition) is 4. The summed E-state index contributed by atoms with van der Waals surface area (Å²) in [6.07, 6.45) is 2.91. The molecule has 0 aromatic rings. The summed E-state index contributed by atoms with van der Waals surface area (Å²) in [5, 5.41) is 0. The predicted octanol–water partition coefficient (Wildman–Crippen LogP) is 1.01. The first kappa shape index (κ1) is 9.68. The molecule has 0 bridgehead atoms. The summed E-state index contributed by atoms with van der Waals surface area (Å²) in [7, 11) is 0. The van der Waals surface area contributed by atoms with Gasteiger partial charge in [0.05, 0.1) is 19.3 Å². The van der Waals surface area contributed by atoms with Gasteiger partial charge in [0.1, 0.15) is 12.2 Å². The molecule has 0 N–H and O–H groups in total. The first-order valence-electron chi connectivity index (χ1n) is 4.73. The van der Waals surface area contributed by atoms with E-state index in [1.165, 1.54) is 12.3 Å².